The van der Waals surface area contributed by atoms with Crippen molar-refractivity contribution < 1.29 is 27.9 Å². The van der Waals surface area contributed by atoms with Gasteiger partial charge in [-0.25, -0.2) is 13.2 Å². The molecule has 2 N–H and O–H groups in total. The average Bonchev–Trinajstić information content (AvgIpc) is 2.53. The van der Waals surface area contributed by atoms with Gasteiger partial charge in [-0.2, -0.15) is 0 Å². The summed E-state index contributed by atoms with van der Waals surface area (Å²) in [5, 5.41) is 11.4. The van der Waals surface area contributed by atoms with Crippen molar-refractivity contribution in [1.29, 1.82) is 0 Å². The van der Waals surface area contributed by atoms with E-state index in [2.05, 4.69) is 5.32 Å². The minimum absolute atomic E-state index is 0.0671. The van der Waals surface area contributed by atoms with Crippen LogP contribution in [0.5, 0.6) is 5.75 Å². The maximum absolute atomic E-state index is 12.0. The molecule has 0 aliphatic heterocycles. The maximum Gasteiger partial charge on any atom is 0.326 e. The quantitative estimate of drug-likeness (QED) is 0.679. The van der Waals surface area contributed by atoms with E-state index < -0.39 is 27.8 Å². The Kier molecular flexibility index (Phi) is 7.41. The lowest BCUT2D eigenvalue weighted by atomic mass is 10.1. The summed E-state index contributed by atoms with van der Waals surface area (Å²) in [6, 6.07) is 2.53. The van der Waals surface area contributed by atoms with Gasteiger partial charge >= 0.3 is 5.97 Å². The first kappa shape index (κ1) is 21.0. The molecule has 0 spiro atoms. The predicted molar refractivity (Wildman–Crippen MR) is 94.7 cm³/mol. The second kappa shape index (κ2) is 8.84. The van der Waals surface area contributed by atoms with Crippen LogP contribution in [0, 0.1) is 20.8 Å². The molecule has 7 nitrogen and oxygen atoms in total. The summed E-state index contributed by atoms with van der Waals surface area (Å²) < 4.78 is 28.5. The van der Waals surface area contributed by atoms with Gasteiger partial charge < -0.3 is 15.2 Å². The summed E-state index contributed by atoms with van der Waals surface area (Å²) in [6.07, 6.45) is -0.181. The number of aliphatic carboxylic acids is 1. The number of ether oxygens (including phenoxy) is 1. The summed E-state index contributed by atoms with van der Waals surface area (Å²) in [4.78, 5) is 23.2. The van der Waals surface area contributed by atoms with Crippen LogP contribution < -0.4 is 10.1 Å². The first-order valence-corrected chi connectivity index (χ1v) is 9.81. The number of aryl methyl sites for hydroxylation is 2. The fourth-order valence-corrected chi connectivity index (χ4v) is 3.11. The molecule has 0 bridgehead atoms. The van der Waals surface area contributed by atoms with Crippen LogP contribution in [0.1, 0.15) is 30.0 Å². The molecule has 0 aliphatic rings. The van der Waals surface area contributed by atoms with E-state index in [1.54, 1.807) is 6.07 Å². The van der Waals surface area contributed by atoms with Gasteiger partial charge in [0.15, 0.2) is 6.61 Å². The zero-order valence-corrected chi connectivity index (χ0v) is 15.8. The Labute approximate surface area is 148 Å². The van der Waals surface area contributed by atoms with Gasteiger partial charge in [-0.1, -0.05) is 13.0 Å². The first-order valence-electron chi connectivity index (χ1n) is 7.99. The van der Waals surface area contributed by atoms with Crippen molar-refractivity contribution in [3.8, 4) is 5.75 Å². The predicted octanol–water partition coefficient (Wildman–Crippen LogP) is 1.38. The second-order valence-corrected chi connectivity index (χ2v) is 8.45. The fraction of sp³-hybridized carbons (Fsp3) is 0.529. The molecule has 0 saturated carbocycles. The lowest BCUT2D eigenvalue weighted by Gasteiger charge is -2.16. The van der Waals surface area contributed by atoms with Gasteiger partial charge in [0.25, 0.3) is 5.91 Å². The molecule has 25 heavy (non-hydrogen) atoms. The summed E-state index contributed by atoms with van der Waals surface area (Å²) in [5.74, 6) is -1.68. The molecule has 0 fully saturated rings. The van der Waals surface area contributed by atoms with E-state index in [9.17, 15) is 18.0 Å². The van der Waals surface area contributed by atoms with E-state index in [-0.39, 0.29) is 24.5 Å². The van der Waals surface area contributed by atoms with E-state index in [1.165, 1.54) is 6.92 Å². The topological polar surface area (TPSA) is 110 Å². The third-order valence-corrected chi connectivity index (χ3v) is 5.65. The average molecular weight is 371 g/mol. The number of sulfone groups is 1. The van der Waals surface area contributed by atoms with E-state index in [4.69, 9.17) is 9.84 Å². The first-order chi connectivity index (χ1) is 11.6. The van der Waals surface area contributed by atoms with Crippen molar-refractivity contribution >= 4 is 21.7 Å². The van der Waals surface area contributed by atoms with Crippen LogP contribution >= 0.6 is 0 Å². The molecular formula is C17H25NO6S. The Morgan fingerprint density at radius 3 is 2.44 bits per heavy atom. The molecule has 1 amide bonds. The molecule has 8 heteroatoms. The number of carbonyl (C=O) groups is 2. The molecule has 0 aliphatic carbocycles. The van der Waals surface area contributed by atoms with Crippen molar-refractivity contribution in [2.75, 3.05) is 18.1 Å². The molecule has 0 radical (unpaired) electrons. The Bertz CT molecular complexity index is 742. The number of carboxylic acid groups (broad SMARTS) is 1. The number of hydrogen-bond acceptors (Lipinski definition) is 5. The van der Waals surface area contributed by atoms with Crippen LogP contribution in [0.25, 0.3) is 0 Å². The van der Waals surface area contributed by atoms with Gasteiger partial charge in [0.05, 0.1) is 5.75 Å². The second-order valence-electron chi connectivity index (χ2n) is 5.98. The van der Waals surface area contributed by atoms with Crippen molar-refractivity contribution in [3.63, 3.8) is 0 Å². The van der Waals surface area contributed by atoms with Crippen LogP contribution in [0.4, 0.5) is 0 Å². The normalized spacial score (nSPS) is 12.5. The lowest BCUT2D eigenvalue weighted by molar-refractivity contribution is -0.142. The Morgan fingerprint density at radius 1 is 1.24 bits per heavy atom. The van der Waals surface area contributed by atoms with Crippen LogP contribution in [0.15, 0.2) is 12.1 Å². The van der Waals surface area contributed by atoms with Gasteiger partial charge in [0.1, 0.15) is 21.6 Å². The van der Waals surface area contributed by atoms with Gasteiger partial charge in [0.2, 0.25) is 0 Å². The van der Waals surface area contributed by atoms with Crippen LogP contribution in [-0.4, -0.2) is 49.6 Å². The van der Waals surface area contributed by atoms with Crippen LogP contribution in [-0.2, 0) is 19.4 Å². The van der Waals surface area contributed by atoms with E-state index in [1.807, 2.05) is 26.8 Å². The number of amides is 1. The van der Waals surface area contributed by atoms with Crippen LogP contribution in [0.3, 0.4) is 0 Å². The van der Waals surface area contributed by atoms with E-state index in [0.717, 1.165) is 16.7 Å². The van der Waals surface area contributed by atoms with E-state index >= 15 is 0 Å². The number of carboxylic acids is 1. The third-order valence-electron chi connectivity index (χ3n) is 3.91. The zero-order valence-electron chi connectivity index (χ0n) is 15.0. The van der Waals surface area contributed by atoms with Gasteiger partial charge in [-0.15, -0.1) is 0 Å². The maximum atomic E-state index is 12.0. The van der Waals surface area contributed by atoms with Crippen LogP contribution in [0.2, 0.25) is 0 Å². The van der Waals surface area contributed by atoms with Crippen molar-refractivity contribution in [1.82, 2.24) is 5.32 Å². The highest BCUT2D eigenvalue weighted by Gasteiger charge is 2.22. The molecule has 1 atom stereocenters. The molecule has 1 unspecified atom stereocenters. The zero-order chi connectivity index (χ0) is 19.2. The summed E-state index contributed by atoms with van der Waals surface area (Å²) in [6.45, 7) is 6.87. The highest BCUT2D eigenvalue weighted by molar-refractivity contribution is 7.91. The number of benzene rings is 1. The highest BCUT2D eigenvalue weighted by atomic mass is 32.2. The van der Waals surface area contributed by atoms with Crippen molar-refractivity contribution in [3.05, 3.63) is 28.8 Å². The molecule has 1 aromatic carbocycles. The lowest BCUT2D eigenvalue weighted by Crippen LogP contribution is -2.44. The van der Waals surface area contributed by atoms with Gasteiger partial charge in [-0.05, 0) is 49.9 Å². The number of carbonyl (C=O) groups excluding carboxylic acids is 1. The Balaban J connectivity index is 2.66. The largest absolute Gasteiger partial charge is 0.483 e. The van der Waals surface area contributed by atoms with Crippen molar-refractivity contribution in [2.45, 2.75) is 40.2 Å². The minimum Gasteiger partial charge on any atom is -0.483 e. The smallest absolute Gasteiger partial charge is 0.326 e. The molecule has 140 valence electrons. The molecule has 1 rings (SSSR count). The summed E-state index contributed by atoms with van der Waals surface area (Å²) in [5.41, 5.74) is 2.93. The summed E-state index contributed by atoms with van der Waals surface area (Å²) in [7, 11) is -3.30. The fourth-order valence-electron chi connectivity index (χ4n) is 2.23. The van der Waals surface area contributed by atoms with E-state index in [0.29, 0.717) is 5.75 Å². The standard InChI is InChI=1S/C17H25NO6S/c1-5-25(22,23)7-6-14(17(20)21)18-16(19)10-24-15-9-11(2)8-12(3)13(15)4/h8-9,14H,5-7,10H2,1-4H3,(H,18,19)(H,20,21). The Morgan fingerprint density at radius 2 is 1.88 bits per heavy atom. The Hall–Kier alpha value is -2.09. The molecule has 0 aromatic heterocycles. The summed E-state index contributed by atoms with van der Waals surface area (Å²) >= 11 is 0. The molecule has 0 saturated heterocycles. The van der Waals surface area contributed by atoms with Gasteiger partial charge in [-0.3, -0.25) is 4.79 Å². The molecule has 1 aromatic rings. The number of nitrogens with one attached hydrogen (secondary N) is 1. The minimum atomic E-state index is -3.30. The molecular weight excluding hydrogens is 346 g/mol. The van der Waals surface area contributed by atoms with Gasteiger partial charge in [0, 0.05) is 5.75 Å². The van der Waals surface area contributed by atoms with Crippen molar-refractivity contribution in [2.24, 2.45) is 0 Å². The number of hydrogen-bond donors (Lipinski definition) is 2. The highest BCUT2D eigenvalue weighted by Crippen LogP contribution is 2.23. The molecule has 0 heterocycles. The third kappa shape index (κ3) is 6.74. The SMILES string of the molecule is CCS(=O)(=O)CCC(NC(=O)COc1cc(C)cc(C)c1C)C(=O)O. The number of rotatable bonds is 9. The monoisotopic (exact) mass is 371 g/mol.